The van der Waals surface area contributed by atoms with Crippen molar-refractivity contribution in [3.05, 3.63) is 65.2 Å². The van der Waals surface area contributed by atoms with Gasteiger partial charge in [-0.15, -0.1) is 0 Å². The van der Waals surface area contributed by atoms with Crippen molar-refractivity contribution in [2.24, 2.45) is 5.92 Å². The normalized spacial score (nSPS) is 17.6. The number of amides is 1. The van der Waals surface area contributed by atoms with E-state index in [1.54, 1.807) is 0 Å². The van der Waals surface area contributed by atoms with Crippen LogP contribution in [-0.4, -0.2) is 25.7 Å². The Kier molecular flexibility index (Phi) is 4.55. The van der Waals surface area contributed by atoms with Gasteiger partial charge in [0, 0.05) is 23.4 Å². The van der Waals surface area contributed by atoms with Crippen LogP contribution in [0, 0.1) is 12.8 Å². The van der Waals surface area contributed by atoms with Crippen molar-refractivity contribution in [1.82, 2.24) is 0 Å². The molecule has 0 spiro atoms. The largest absolute Gasteiger partial charge is 0.346 e. The van der Waals surface area contributed by atoms with Crippen LogP contribution in [0.25, 0.3) is 0 Å². The zero-order valence-corrected chi connectivity index (χ0v) is 14.5. The molecule has 1 aliphatic heterocycles. The van der Waals surface area contributed by atoms with Crippen molar-refractivity contribution in [1.29, 1.82) is 0 Å². The van der Waals surface area contributed by atoms with Gasteiger partial charge < -0.3 is 14.4 Å². The first kappa shape index (κ1) is 16.3. The monoisotopic (exact) mass is 337 g/mol. The van der Waals surface area contributed by atoms with Crippen LogP contribution in [0.15, 0.2) is 48.5 Å². The Balaban J connectivity index is 1.61. The first-order chi connectivity index (χ1) is 12.2. The first-order valence-corrected chi connectivity index (χ1v) is 8.92. The second-order valence-electron chi connectivity index (χ2n) is 6.89. The summed E-state index contributed by atoms with van der Waals surface area (Å²) in [6.45, 7) is 4.03. The maximum absolute atomic E-state index is 13.2. The van der Waals surface area contributed by atoms with Crippen LogP contribution in [-0.2, 0) is 9.47 Å². The van der Waals surface area contributed by atoms with Gasteiger partial charge in [-0.05, 0) is 49.9 Å². The van der Waals surface area contributed by atoms with E-state index in [1.165, 1.54) is 18.4 Å². The van der Waals surface area contributed by atoms with Crippen molar-refractivity contribution >= 4 is 11.6 Å². The van der Waals surface area contributed by atoms with E-state index in [4.69, 9.17) is 9.47 Å². The molecule has 1 aliphatic carbocycles. The summed E-state index contributed by atoms with van der Waals surface area (Å²) in [6.07, 6.45) is 2.06. The summed E-state index contributed by atoms with van der Waals surface area (Å²) in [5, 5.41) is 0. The van der Waals surface area contributed by atoms with Crippen LogP contribution in [0.4, 0.5) is 5.69 Å². The molecule has 4 heteroatoms. The number of ether oxygens (including phenoxy) is 2. The summed E-state index contributed by atoms with van der Waals surface area (Å²) >= 11 is 0. The molecule has 0 bridgehead atoms. The van der Waals surface area contributed by atoms with Crippen molar-refractivity contribution in [2.75, 3.05) is 24.7 Å². The lowest BCUT2D eigenvalue weighted by atomic mass is 10.1. The molecule has 2 aromatic rings. The zero-order valence-electron chi connectivity index (χ0n) is 14.5. The standard InChI is InChI=1S/C21H23NO3/c1-15-5-9-19(10-6-15)22(14-16-7-8-16)20(23)17-3-2-4-18(13-17)21-24-11-12-25-21/h2-6,9-10,13,16,21H,7-8,11-12,14H2,1H3. The highest BCUT2D eigenvalue weighted by Gasteiger charge is 2.29. The Hall–Kier alpha value is -2.17. The van der Waals surface area contributed by atoms with Crippen LogP contribution in [0.5, 0.6) is 0 Å². The third kappa shape index (κ3) is 3.75. The lowest BCUT2D eigenvalue weighted by Gasteiger charge is -2.23. The summed E-state index contributed by atoms with van der Waals surface area (Å²) in [6, 6.07) is 15.8. The zero-order chi connectivity index (χ0) is 17.2. The smallest absolute Gasteiger partial charge is 0.258 e. The van der Waals surface area contributed by atoms with E-state index in [9.17, 15) is 4.79 Å². The number of benzene rings is 2. The number of carbonyl (C=O) groups excluding carboxylic acids is 1. The van der Waals surface area contributed by atoms with Gasteiger partial charge in [-0.25, -0.2) is 0 Å². The number of nitrogens with zero attached hydrogens (tertiary/aromatic N) is 1. The SMILES string of the molecule is Cc1ccc(N(CC2CC2)C(=O)c2cccc(C3OCCO3)c2)cc1. The van der Waals surface area contributed by atoms with Crippen molar-refractivity contribution in [3.63, 3.8) is 0 Å². The third-order valence-electron chi connectivity index (χ3n) is 4.76. The van der Waals surface area contributed by atoms with Gasteiger partial charge in [0.1, 0.15) is 0 Å². The summed E-state index contributed by atoms with van der Waals surface area (Å²) < 4.78 is 11.1. The van der Waals surface area contributed by atoms with Gasteiger partial charge in [-0.2, -0.15) is 0 Å². The maximum Gasteiger partial charge on any atom is 0.258 e. The highest BCUT2D eigenvalue weighted by Crippen LogP contribution is 2.32. The van der Waals surface area contributed by atoms with E-state index in [0.29, 0.717) is 24.7 Å². The summed E-state index contributed by atoms with van der Waals surface area (Å²) in [5.41, 5.74) is 3.73. The van der Waals surface area contributed by atoms with Gasteiger partial charge in [-0.3, -0.25) is 4.79 Å². The van der Waals surface area contributed by atoms with Crippen LogP contribution < -0.4 is 4.90 Å². The van der Waals surface area contributed by atoms with Gasteiger partial charge in [0.2, 0.25) is 0 Å². The Labute approximate surface area is 148 Å². The van der Waals surface area contributed by atoms with Gasteiger partial charge in [0.05, 0.1) is 13.2 Å². The van der Waals surface area contributed by atoms with E-state index in [2.05, 4.69) is 19.1 Å². The van der Waals surface area contributed by atoms with E-state index >= 15 is 0 Å². The van der Waals surface area contributed by atoms with Gasteiger partial charge >= 0.3 is 0 Å². The van der Waals surface area contributed by atoms with Gasteiger partial charge in [-0.1, -0.05) is 29.8 Å². The molecule has 0 atom stereocenters. The number of carbonyl (C=O) groups is 1. The molecule has 1 saturated carbocycles. The fourth-order valence-electron chi connectivity index (χ4n) is 3.11. The number of rotatable bonds is 5. The number of hydrogen-bond donors (Lipinski definition) is 0. The van der Waals surface area contributed by atoms with Crippen LogP contribution in [0.3, 0.4) is 0 Å². The topological polar surface area (TPSA) is 38.8 Å². The highest BCUT2D eigenvalue weighted by atomic mass is 16.7. The summed E-state index contributed by atoms with van der Waals surface area (Å²) in [7, 11) is 0. The van der Waals surface area contributed by atoms with E-state index in [-0.39, 0.29) is 12.2 Å². The van der Waals surface area contributed by atoms with Crippen molar-refractivity contribution in [3.8, 4) is 0 Å². The highest BCUT2D eigenvalue weighted by molar-refractivity contribution is 6.06. The van der Waals surface area contributed by atoms with Crippen LogP contribution in [0.1, 0.15) is 40.6 Å². The lowest BCUT2D eigenvalue weighted by molar-refractivity contribution is -0.0441. The average Bonchev–Trinajstić information content (AvgIpc) is 3.29. The predicted octanol–water partition coefficient (Wildman–Crippen LogP) is 4.10. The fraction of sp³-hybridized carbons (Fsp3) is 0.381. The molecular weight excluding hydrogens is 314 g/mol. The summed E-state index contributed by atoms with van der Waals surface area (Å²) in [5.74, 6) is 0.658. The maximum atomic E-state index is 13.2. The van der Waals surface area contributed by atoms with Gasteiger partial charge in [0.15, 0.2) is 6.29 Å². The van der Waals surface area contributed by atoms with E-state index in [1.807, 2.05) is 41.3 Å². The predicted molar refractivity (Wildman–Crippen MR) is 96.7 cm³/mol. The molecular formula is C21H23NO3. The Morgan fingerprint density at radius 3 is 2.48 bits per heavy atom. The molecule has 25 heavy (non-hydrogen) atoms. The summed E-state index contributed by atoms with van der Waals surface area (Å²) in [4.78, 5) is 15.1. The molecule has 0 radical (unpaired) electrons. The number of hydrogen-bond acceptors (Lipinski definition) is 3. The van der Waals surface area contributed by atoms with Crippen LogP contribution in [0.2, 0.25) is 0 Å². The minimum Gasteiger partial charge on any atom is -0.346 e. The molecule has 0 aromatic heterocycles. The Bertz CT molecular complexity index is 746. The molecule has 0 unspecified atom stereocenters. The molecule has 2 aromatic carbocycles. The quantitative estimate of drug-likeness (QED) is 0.824. The molecule has 0 N–H and O–H groups in total. The second-order valence-corrected chi connectivity index (χ2v) is 6.89. The Morgan fingerprint density at radius 2 is 1.80 bits per heavy atom. The molecule has 2 fully saturated rings. The second kappa shape index (κ2) is 6.98. The fourth-order valence-corrected chi connectivity index (χ4v) is 3.11. The number of aryl methyl sites for hydroxylation is 1. The Morgan fingerprint density at radius 1 is 1.08 bits per heavy atom. The number of anilines is 1. The minimum atomic E-state index is -0.357. The van der Waals surface area contributed by atoms with Crippen molar-refractivity contribution < 1.29 is 14.3 Å². The van der Waals surface area contributed by atoms with Gasteiger partial charge in [0.25, 0.3) is 5.91 Å². The minimum absolute atomic E-state index is 0.0376. The molecule has 4 rings (SSSR count). The van der Waals surface area contributed by atoms with Crippen LogP contribution >= 0.6 is 0 Å². The van der Waals surface area contributed by atoms with E-state index < -0.39 is 0 Å². The molecule has 2 aliphatic rings. The molecule has 4 nitrogen and oxygen atoms in total. The first-order valence-electron chi connectivity index (χ1n) is 8.92. The molecule has 1 amide bonds. The third-order valence-corrected chi connectivity index (χ3v) is 4.76. The molecule has 130 valence electrons. The molecule has 1 saturated heterocycles. The lowest BCUT2D eigenvalue weighted by Crippen LogP contribution is -2.33. The molecule has 1 heterocycles. The van der Waals surface area contributed by atoms with E-state index in [0.717, 1.165) is 17.8 Å². The van der Waals surface area contributed by atoms with Crippen molar-refractivity contribution in [2.45, 2.75) is 26.1 Å². The average molecular weight is 337 g/mol.